The molecule has 1 aromatic heterocycles. The summed E-state index contributed by atoms with van der Waals surface area (Å²) in [5, 5.41) is 1.24. The molecule has 0 amide bonds. The predicted octanol–water partition coefficient (Wildman–Crippen LogP) is 4.90. The van der Waals surface area contributed by atoms with Crippen LogP contribution in [0.15, 0.2) is 28.8 Å². The van der Waals surface area contributed by atoms with Crippen LogP contribution in [0.25, 0.3) is 11.3 Å². The van der Waals surface area contributed by atoms with Crippen LogP contribution in [0.4, 0.5) is 0 Å². The Balaban J connectivity index is 2.27. The number of nitrogens with zero attached hydrogens (tertiary/aromatic N) is 1. The van der Waals surface area contributed by atoms with Crippen LogP contribution in [0.5, 0.6) is 0 Å². The van der Waals surface area contributed by atoms with Gasteiger partial charge in [-0.05, 0) is 24.0 Å². The first-order chi connectivity index (χ1) is 8.20. The molecule has 1 aromatic carbocycles. The van der Waals surface area contributed by atoms with Crippen molar-refractivity contribution in [3.63, 3.8) is 0 Å². The molecule has 2 nitrogen and oxygen atoms in total. The van der Waals surface area contributed by atoms with Gasteiger partial charge < -0.3 is 4.42 Å². The molecule has 0 atom stereocenters. The second-order valence-electron chi connectivity index (χ2n) is 3.38. The molecule has 0 spiro atoms. The summed E-state index contributed by atoms with van der Waals surface area (Å²) in [4.78, 5) is 4.21. The fourth-order valence-corrected chi connectivity index (χ4v) is 2.27. The lowest BCUT2D eigenvalue weighted by Gasteiger charge is -2.00. The van der Waals surface area contributed by atoms with Gasteiger partial charge in [-0.1, -0.05) is 30.1 Å². The lowest BCUT2D eigenvalue weighted by atomic mass is 10.2. The third-order valence-corrected chi connectivity index (χ3v) is 3.60. The van der Waals surface area contributed by atoms with E-state index in [1.54, 1.807) is 36.2 Å². The molecule has 0 fully saturated rings. The normalized spacial score (nSPS) is 10.8. The third-order valence-electron chi connectivity index (χ3n) is 2.18. The molecule has 0 aliphatic rings. The van der Waals surface area contributed by atoms with E-state index in [-0.39, 0.29) is 0 Å². The minimum atomic E-state index is 0.611. The molecule has 0 saturated heterocycles. The maximum atomic E-state index is 6.09. The van der Waals surface area contributed by atoms with Crippen LogP contribution in [0.3, 0.4) is 0 Å². The highest BCUT2D eigenvalue weighted by Crippen LogP contribution is 2.31. The van der Waals surface area contributed by atoms with Gasteiger partial charge in [-0.2, -0.15) is 11.8 Å². The van der Waals surface area contributed by atoms with Crippen molar-refractivity contribution in [2.75, 3.05) is 5.75 Å². The monoisotopic (exact) mass is 287 g/mol. The van der Waals surface area contributed by atoms with Gasteiger partial charge in [-0.25, -0.2) is 4.98 Å². The summed E-state index contributed by atoms with van der Waals surface area (Å²) < 4.78 is 5.63. The van der Waals surface area contributed by atoms with Gasteiger partial charge in [0.1, 0.15) is 0 Å². The first kappa shape index (κ1) is 12.8. The molecule has 0 saturated carbocycles. The number of oxazole rings is 1. The first-order valence-electron chi connectivity index (χ1n) is 5.18. The van der Waals surface area contributed by atoms with Gasteiger partial charge in [0.25, 0.3) is 0 Å². The van der Waals surface area contributed by atoms with Crippen molar-refractivity contribution >= 4 is 35.0 Å². The van der Waals surface area contributed by atoms with Crippen molar-refractivity contribution < 1.29 is 4.42 Å². The van der Waals surface area contributed by atoms with Crippen molar-refractivity contribution in [3.8, 4) is 11.3 Å². The highest BCUT2D eigenvalue weighted by molar-refractivity contribution is 7.98. The number of rotatable bonds is 4. The minimum absolute atomic E-state index is 0.611. The Morgan fingerprint density at radius 2 is 2.18 bits per heavy atom. The lowest BCUT2D eigenvalue weighted by molar-refractivity contribution is 0.530. The Morgan fingerprint density at radius 3 is 2.94 bits per heavy atom. The molecule has 0 N–H and O–H groups in total. The van der Waals surface area contributed by atoms with Crippen LogP contribution < -0.4 is 0 Å². The van der Waals surface area contributed by atoms with Gasteiger partial charge in [-0.15, -0.1) is 0 Å². The van der Waals surface area contributed by atoms with Gasteiger partial charge in [0.05, 0.1) is 17.0 Å². The van der Waals surface area contributed by atoms with Crippen LogP contribution in [-0.2, 0) is 5.75 Å². The highest BCUT2D eigenvalue weighted by Gasteiger charge is 2.10. The van der Waals surface area contributed by atoms with E-state index >= 15 is 0 Å². The fraction of sp³-hybridized carbons (Fsp3) is 0.250. The molecule has 2 rings (SSSR count). The summed E-state index contributed by atoms with van der Waals surface area (Å²) in [5.74, 6) is 3.18. The van der Waals surface area contributed by atoms with Crippen LogP contribution in [-0.4, -0.2) is 10.7 Å². The Labute approximate surface area is 114 Å². The molecule has 17 heavy (non-hydrogen) atoms. The van der Waals surface area contributed by atoms with Crippen LogP contribution in [0.2, 0.25) is 10.0 Å². The number of hydrogen-bond acceptors (Lipinski definition) is 3. The Morgan fingerprint density at radius 1 is 1.35 bits per heavy atom. The maximum absolute atomic E-state index is 6.09. The second kappa shape index (κ2) is 5.80. The summed E-state index contributed by atoms with van der Waals surface area (Å²) in [6.07, 6.45) is 1.68. The van der Waals surface area contributed by atoms with E-state index in [2.05, 4.69) is 11.9 Å². The number of aromatic nitrogens is 1. The first-order valence-corrected chi connectivity index (χ1v) is 7.09. The largest absolute Gasteiger partial charge is 0.440 e. The summed E-state index contributed by atoms with van der Waals surface area (Å²) in [6.45, 7) is 2.10. The number of hydrogen-bond donors (Lipinski definition) is 0. The average Bonchev–Trinajstić information content (AvgIpc) is 2.78. The fourth-order valence-electron chi connectivity index (χ4n) is 1.38. The van der Waals surface area contributed by atoms with Crippen molar-refractivity contribution in [2.45, 2.75) is 12.7 Å². The molecule has 2 aromatic rings. The standard InChI is InChI=1S/C12H11Cl2NOS/c1-2-17-7-12-15-6-11(16-12)9-5-8(13)3-4-10(9)14/h3-6H,2,7H2,1H3. The van der Waals surface area contributed by atoms with Crippen molar-refractivity contribution in [1.29, 1.82) is 0 Å². The SMILES string of the molecule is CCSCc1ncc(-c2cc(Cl)ccc2Cl)o1. The molecule has 0 bridgehead atoms. The zero-order valence-electron chi connectivity index (χ0n) is 9.24. The minimum Gasteiger partial charge on any atom is -0.440 e. The van der Waals surface area contributed by atoms with Crippen molar-refractivity contribution in [3.05, 3.63) is 40.3 Å². The molecule has 1 heterocycles. The van der Waals surface area contributed by atoms with Crippen molar-refractivity contribution in [2.24, 2.45) is 0 Å². The average molecular weight is 288 g/mol. The van der Waals surface area contributed by atoms with Gasteiger partial charge >= 0.3 is 0 Å². The lowest BCUT2D eigenvalue weighted by Crippen LogP contribution is -1.79. The molecular weight excluding hydrogens is 277 g/mol. The van der Waals surface area contributed by atoms with E-state index in [1.807, 2.05) is 0 Å². The quantitative estimate of drug-likeness (QED) is 0.800. The van der Waals surface area contributed by atoms with E-state index in [4.69, 9.17) is 27.6 Å². The number of thioether (sulfide) groups is 1. The Kier molecular flexibility index (Phi) is 4.37. The molecule has 0 unspecified atom stereocenters. The van der Waals surface area contributed by atoms with Crippen molar-refractivity contribution in [1.82, 2.24) is 4.98 Å². The molecule has 0 radical (unpaired) electrons. The zero-order chi connectivity index (χ0) is 12.3. The van der Waals surface area contributed by atoms with Crippen LogP contribution in [0.1, 0.15) is 12.8 Å². The number of benzene rings is 1. The van der Waals surface area contributed by atoms with E-state index < -0.39 is 0 Å². The molecule has 5 heteroatoms. The van der Waals surface area contributed by atoms with Gasteiger partial charge in [0, 0.05) is 10.6 Å². The zero-order valence-corrected chi connectivity index (χ0v) is 11.6. The molecule has 90 valence electrons. The van der Waals surface area contributed by atoms with Gasteiger partial charge in [-0.3, -0.25) is 0 Å². The summed E-state index contributed by atoms with van der Waals surface area (Å²) in [7, 11) is 0. The number of halogens is 2. The molecular formula is C12H11Cl2NOS. The third kappa shape index (κ3) is 3.18. The van der Waals surface area contributed by atoms with E-state index in [0.29, 0.717) is 21.7 Å². The summed E-state index contributed by atoms with van der Waals surface area (Å²) in [6, 6.07) is 5.28. The maximum Gasteiger partial charge on any atom is 0.204 e. The van der Waals surface area contributed by atoms with Crippen LogP contribution >= 0.6 is 35.0 Å². The Hall–Kier alpha value is -0.640. The van der Waals surface area contributed by atoms with Gasteiger partial charge in [0.15, 0.2) is 5.76 Å². The van der Waals surface area contributed by atoms with Gasteiger partial charge in [0.2, 0.25) is 5.89 Å². The summed E-state index contributed by atoms with van der Waals surface area (Å²) in [5.41, 5.74) is 0.777. The molecule has 0 aliphatic carbocycles. The van der Waals surface area contributed by atoms with E-state index in [0.717, 1.165) is 17.1 Å². The van der Waals surface area contributed by atoms with Crippen LogP contribution in [0, 0.1) is 0 Å². The Bertz CT molecular complexity index is 513. The van der Waals surface area contributed by atoms with E-state index in [9.17, 15) is 0 Å². The molecule has 0 aliphatic heterocycles. The predicted molar refractivity (Wildman–Crippen MR) is 73.8 cm³/mol. The highest BCUT2D eigenvalue weighted by atomic mass is 35.5. The summed E-state index contributed by atoms with van der Waals surface area (Å²) >= 11 is 13.8. The smallest absolute Gasteiger partial charge is 0.204 e. The topological polar surface area (TPSA) is 26.0 Å². The van der Waals surface area contributed by atoms with E-state index in [1.165, 1.54) is 0 Å². The second-order valence-corrected chi connectivity index (χ2v) is 5.50.